The number of benzene rings is 2. The summed E-state index contributed by atoms with van der Waals surface area (Å²) in [5.41, 5.74) is 4.41. The molecule has 2 atom stereocenters. The average Bonchev–Trinajstić information content (AvgIpc) is 2.91. The van der Waals surface area contributed by atoms with E-state index in [4.69, 9.17) is 4.74 Å². The van der Waals surface area contributed by atoms with Crippen LogP contribution in [0.1, 0.15) is 17.5 Å². The summed E-state index contributed by atoms with van der Waals surface area (Å²) in [7, 11) is -3.41. The topological polar surface area (TPSA) is 146 Å². The maximum atomic E-state index is 13.4. The lowest BCUT2D eigenvalue weighted by atomic mass is 10.0. The second kappa shape index (κ2) is 15.0. The molecule has 2 aromatic carbocycles. The molecule has 11 nitrogen and oxygen atoms in total. The van der Waals surface area contributed by atoms with Crippen LogP contribution in [0.4, 0.5) is 4.79 Å². The van der Waals surface area contributed by atoms with Crippen LogP contribution in [0.5, 0.6) is 0 Å². The molecule has 4 amide bonds. The summed E-state index contributed by atoms with van der Waals surface area (Å²) in [5, 5.41) is 10.5. The number of imide groups is 1. The van der Waals surface area contributed by atoms with Gasteiger partial charge >= 0.3 is 6.03 Å². The van der Waals surface area contributed by atoms with E-state index < -0.39 is 39.8 Å². The lowest BCUT2D eigenvalue weighted by Crippen LogP contribution is -2.57. The summed E-state index contributed by atoms with van der Waals surface area (Å²) in [6.07, 6.45) is 3.28. The van der Waals surface area contributed by atoms with Crippen molar-refractivity contribution in [3.63, 3.8) is 0 Å². The molecule has 12 heteroatoms. The van der Waals surface area contributed by atoms with Gasteiger partial charge in [0.1, 0.15) is 12.1 Å². The predicted octanol–water partition coefficient (Wildman–Crippen LogP) is 0.894. The fourth-order valence-corrected chi connectivity index (χ4v) is 4.23. The first-order chi connectivity index (χ1) is 18.7. The van der Waals surface area contributed by atoms with Gasteiger partial charge in [-0.3, -0.25) is 20.3 Å². The first-order valence-corrected chi connectivity index (χ1v) is 14.6. The molecule has 0 aromatic heterocycles. The normalized spacial score (nSPS) is 15.7. The first-order valence-electron chi connectivity index (χ1n) is 12.6. The molecule has 0 radical (unpaired) electrons. The van der Waals surface area contributed by atoms with Crippen molar-refractivity contribution < 1.29 is 27.5 Å². The number of ether oxygens (including phenoxy) is 1. The van der Waals surface area contributed by atoms with Gasteiger partial charge in [0.05, 0.1) is 13.2 Å². The molecule has 210 valence electrons. The lowest BCUT2D eigenvalue weighted by molar-refractivity contribution is -0.129. The Labute approximate surface area is 228 Å². The number of sulfone groups is 1. The molecule has 0 saturated carbocycles. The van der Waals surface area contributed by atoms with Gasteiger partial charge in [0.25, 0.3) is 5.91 Å². The van der Waals surface area contributed by atoms with Crippen molar-refractivity contribution in [2.75, 3.05) is 32.6 Å². The molecule has 2 aromatic rings. The van der Waals surface area contributed by atoms with E-state index in [1.165, 1.54) is 6.20 Å². The standard InChI is InChI=1S/C27H35N5O6S/c1-39(36,37)19-14-28-23(13-12-21-8-4-2-5-9-21)25(33)29-24(20-22-10-6-3-7-11-22)26(34)30-27(35)31-32-15-17-38-18-16-32/h2-11,14,19,23-24,28H,12-13,15-18,20H2,1H3,(H,29,33)(H2,30,31,34,35)/b19-14+/t23-,24-/m0/s1. The minimum atomic E-state index is -3.41. The van der Waals surface area contributed by atoms with Gasteiger partial charge in [-0.1, -0.05) is 60.7 Å². The second-order valence-electron chi connectivity index (χ2n) is 9.16. The quantitative estimate of drug-likeness (QED) is 0.301. The number of amides is 4. The van der Waals surface area contributed by atoms with Crippen molar-refractivity contribution in [1.29, 1.82) is 0 Å². The number of nitrogens with one attached hydrogen (secondary N) is 4. The molecule has 0 bridgehead atoms. The van der Waals surface area contributed by atoms with Crippen LogP contribution in [0.3, 0.4) is 0 Å². The van der Waals surface area contributed by atoms with Crippen LogP contribution in [0.25, 0.3) is 0 Å². The molecular formula is C27H35N5O6S. The zero-order valence-electron chi connectivity index (χ0n) is 21.8. The SMILES string of the molecule is CS(=O)(=O)/C=C/N[C@@H](CCc1ccccc1)C(=O)N[C@@H](Cc1ccccc1)C(=O)NC(=O)NN1CCOCC1. The molecule has 1 saturated heterocycles. The highest BCUT2D eigenvalue weighted by Crippen LogP contribution is 2.08. The first kappa shape index (κ1) is 29.8. The molecule has 1 fully saturated rings. The third-order valence-corrected chi connectivity index (χ3v) is 6.55. The third kappa shape index (κ3) is 11.3. The number of hydrogen-bond donors (Lipinski definition) is 4. The number of aryl methyl sites for hydroxylation is 1. The molecule has 1 heterocycles. The fourth-order valence-electron chi connectivity index (χ4n) is 3.90. The fraction of sp³-hybridized carbons (Fsp3) is 0.370. The Hall–Kier alpha value is -3.74. The van der Waals surface area contributed by atoms with Gasteiger partial charge in [-0.15, -0.1) is 0 Å². The number of morpholine rings is 1. The van der Waals surface area contributed by atoms with E-state index in [2.05, 4.69) is 21.4 Å². The summed E-state index contributed by atoms with van der Waals surface area (Å²) in [6, 6.07) is 16.0. The highest BCUT2D eigenvalue weighted by atomic mass is 32.2. The van der Waals surface area contributed by atoms with Gasteiger partial charge in [0, 0.05) is 37.4 Å². The smallest absolute Gasteiger partial charge is 0.336 e. The minimum Gasteiger partial charge on any atom is -0.379 e. The number of carbonyl (C=O) groups is 3. The maximum absolute atomic E-state index is 13.4. The summed E-state index contributed by atoms with van der Waals surface area (Å²) < 4.78 is 28.4. The van der Waals surface area contributed by atoms with Crippen molar-refractivity contribution >= 4 is 27.7 Å². The number of hydrogen-bond acceptors (Lipinski definition) is 8. The van der Waals surface area contributed by atoms with Gasteiger partial charge in [0.2, 0.25) is 5.91 Å². The van der Waals surface area contributed by atoms with E-state index in [-0.39, 0.29) is 6.42 Å². The summed E-state index contributed by atoms with van der Waals surface area (Å²) >= 11 is 0. The molecule has 1 aliphatic heterocycles. The highest BCUT2D eigenvalue weighted by molar-refractivity contribution is 7.93. The number of carbonyl (C=O) groups excluding carboxylic acids is 3. The van der Waals surface area contributed by atoms with Crippen molar-refractivity contribution in [3.05, 3.63) is 83.4 Å². The van der Waals surface area contributed by atoms with Gasteiger partial charge in [0.15, 0.2) is 9.84 Å². The highest BCUT2D eigenvalue weighted by Gasteiger charge is 2.27. The molecule has 0 spiro atoms. The number of urea groups is 1. The van der Waals surface area contributed by atoms with Crippen LogP contribution in [-0.2, 0) is 37.0 Å². The molecule has 1 aliphatic rings. The summed E-state index contributed by atoms with van der Waals surface area (Å²) in [6.45, 7) is 1.90. The van der Waals surface area contributed by atoms with E-state index in [0.717, 1.165) is 22.8 Å². The lowest BCUT2D eigenvalue weighted by Gasteiger charge is -2.27. The van der Waals surface area contributed by atoms with E-state index in [0.29, 0.717) is 39.1 Å². The average molecular weight is 558 g/mol. The monoisotopic (exact) mass is 557 g/mol. The van der Waals surface area contributed by atoms with Crippen LogP contribution in [0.15, 0.2) is 72.3 Å². The van der Waals surface area contributed by atoms with E-state index in [1.807, 2.05) is 60.7 Å². The van der Waals surface area contributed by atoms with Gasteiger partial charge in [-0.25, -0.2) is 18.2 Å². The van der Waals surface area contributed by atoms with E-state index in [9.17, 15) is 22.8 Å². The summed E-state index contributed by atoms with van der Waals surface area (Å²) in [4.78, 5) is 39.0. The zero-order valence-corrected chi connectivity index (χ0v) is 22.7. The van der Waals surface area contributed by atoms with Crippen molar-refractivity contribution in [2.24, 2.45) is 0 Å². The van der Waals surface area contributed by atoms with Crippen LogP contribution >= 0.6 is 0 Å². The molecule has 4 N–H and O–H groups in total. The Morgan fingerprint density at radius 2 is 1.54 bits per heavy atom. The predicted molar refractivity (Wildman–Crippen MR) is 147 cm³/mol. The molecule has 0 unspecified atom stereocenters. The van der Waals surface area contributed by atoms with E-state index in [1.54, 1.807) is 5.01 Å². The Morgan fingerprint density at radius 1 is 0.923 bits per heavy atom. The second-order valence-corrected chi connectivity index (χ2v) is 11.1. The van der Waals surface area contributed by atoms with Crippen LogP contribution in [-0.4, -0.2) is 75.9 Å². The van der Waals surface area contributed by atoms with Crippen LogP contribution in [0.2, 0.25) is 0 Å². The number of rotatable bonds is 12. The number of nitrogens with zero attached hydrogens (tertiary/aromatic N) is 1. The molecular weight excluding hydrogens is 522 g/mol. The van der Waals surface area contributed by atoms with Crippen molar-refractivity contribution in [1.82, 2.24) is 26.4 Å². The molecule has 39 heavy (non-hydrogen) atoms. The van der Waals surface area contributed by atoms with Crippen LogP contribution < -0.4 is 21.4 Å². The van der Waals surface area contributed by atoms with Gasteiger partial charge < -0.3 is 15.4 Å². The van der Waals surface area contributed by atoms with Crippen LogP contribution in [0, 0.1) is 0 Å². The Bertz CT molecular complexity index is 1220. The van der Waals surface area contributed by atoms with Crippen molar-refractivity contribution in [2.45, 2.75) is 31.3 Å². The molecule has 0 aliphatic carbocycles. The largest absolute Gasteiger partial charge is 0.379 e. The third-order valence-electron chi connectivity index (χ3n) is 5.92. The van der Waals surface area contributed by atoms with Crippen molar-refractivity contribution in [3.8, 4) is 0 Å². The summed E-state index contributed by atoms with van der Waals surface area (Å²) in [5.74, 6) is -1.18. The molecule has 3 rings (SSSR count). The Morgan fingerprint density at radius 3 is 2.15 bits per heavy atom. The minimum absolute atomic E-state index is 0.147. The Balaban J connectivity index is 1.72. The zero-order chi connectivity index (χ0) is 28.1. The number of hydrazine groups is 1. The van der Waals surface area contributed by atoms with Gasteiger partial charge in [-0.05, 0) is 24.0 Å². The maximum Gasteiger partial charge on any atom is 0.336 e. The van der Waals surface area contributed by atoms with Gasteiger partial charge in [-0.2, -0.15) is 0 Å². The van der Waals surface area contributed by atoms with E-state index >= 15 is 0 Å². The Kier molecular flexibility index (Phi) is 11.5.